The Morgan fingerprint density at radius 1 is 1.53 bits per heavy atom. The van der Waals surface area contributed by atoms with Crippen LogP contribution in [0.1, 0.15) is 13.3 Å². The number of nitrogens with zero attached hydrogens (tertiary/aromatic N) is 3. The van der Waals surface area contributed by atoms with E-state index in [1.54, 1.807) is 6.33 Å². The molecule has 1 aliphatic rings. The number of hydrogen-bond acceptors (Lipinski definition) is 6. The molecule has 0 saturated carbocycles. The van der Waals surface area contributed by atoms with Gasteiger partial charge in [0.15, 0.2) is 0 Å². The van der Waals surface area contributed by atoms with Crippen molar-refractivity contribution in [3.8, 4) is 5.88 Å². The van der Waals surface area contributed by atoms with Crippen molar-refractivity contribution in [3.63, 3.8) is 0 Å². The molecule has 1 N–H and O–H groups in total. The van der Waals surface area contributed by atoms with Gasteiger partial charge in [0, 0.05) is 25.7 Å². The Labute approximate surface area is 114 Å². The first-order valence-corrected chi connectivity index (χ1v) is 6.79. The number of aromatic nitrogens is 2. The SMILES string of the molecule is CCCOc1cc(N2CCOC(CNC)C2)ncn1. The maximum Gasteiger partial charge on any atom is 0.218 e. The quantitative estimate of drug-likeness (QED) is 0.817. The molecule has 0 spiro atoms. The van der Waals surface area contributed by atoms with Gasteiger partial charge in [0.2, 0.25) is 5.88 Å². The van der Waals surface area contributed by atoms with Crippen LogP contribution in [0.15, 0.2) is 12.4 Å². The molecule has 19 heavy (non-hydrogen) atoms. The Kier molecular flexibility index (Phi) is 5.35. The van der Waals surface area contributed by atoms with Crippen LogP contribution in [-0.2, 0) is 4.74 Å². The van der Waals surface area contributed by atoms with Crippen molar-refractivity contribution >= 4 is 5.82 Å². The van der Waals surface area contributed by atoms with Gasteiger partial charge in [-0.1, -0.05) is 6.92 Å². The van der Waals surface area contributed by atoms with Crippen molar-refractivity contribution in [2.24, 2.45) is 0 Å². The van der Waals surface area contributed by atoms with E-state index < -0.39 is 0 Å². The summed E-state index contributed by atoms with van der Waals surface area (Å²) < 4.78 is 11.2. The Balaban J connectivity index is 1.99. The molecule has 1 atom stereocenters. The van der Waals surface area contributed by atoms with Crippen molar-refractivity contribution in [2.45, 2.75) is 19.4 Å². The third kappa shape index (κ3) is 4.04. The van der Waals surface area contributed by atoms with E-state index >= 15 is 0 Å². The summed E-state index contributed by atoms with van der Waals surface area (Å²) in [6.07, 6.45) is 2.73. The first-order chi connectivity index (χ1) is 9.33. The van der Waals surface area contributed by atoms with Crippen LogP contribution in [0.2, 0.25) is 0 Å². The molecular weight excluding hydrogens is 244 g/mol. The normalized spacial score (nSPS) is 19.5. The maximum absolute atomic E-state index is 5.69. The van der Waals surface area contributed by atoms with Crippen molar-refractivity contribution < 1.29 is 9.47 Å². The van der Waals surface area contributed by atoms with E-state index in [4.69, 9.17) is 9.47 Å². The predicted molar refractivity (Wildman–Crippen MR) is 73.7 cm³/mol. The lowest BCUT2D eigenvalue weighted by Crippen LogP contribution is -2.46. The fourth-order valence-electron chi connectivity index (χ4n) is 2.07. The van der Waals surface area contributed by atoms with Crippen molar-refractivity contribution in [1.82, 2.24) is 15.3 Å². The Hall–Kier alpha value is -1.40. The van der Waals surface area contributed by atoms with Crippen molar-refractivity contribution in [1.29, 1.82) is 0 Å². The number of nitrogens with one attached hydrogen (secondary N) is 1. The van der Waals surface area contributed by atoms with Crippen molar-refractivity contribution in [2.75, 3.05) is 44.8 Å². The van der Waals surface area contributed by atoms with E-state index in [-0.39, 0.29) is 6.10 Å². The number of likely N-dealkylation sites (N-methyl/N-ethyl adjacent to an activating group) is 1. The molecule has 2 rings (SSSR count). The van der Waals surface area contributed by atoms with Crippen LogP contribution in [0, 0.1) is 0 Å². The van der Waals surface area contributed by atoms with Gasteiger partial charge in [0.05, 0.1) is 19.3 Å². The lowest BCUT2D eigenvalue weighted by Gasteiger charge is -2.33. The largest absolute Gasteiger partial charge is 0.478 e. The molecule has 1 aromatic rings. The predicted octanol–water partition coefficient (Wildman–Crippen LogP) is 0.690. The molecule has 6 nitrogen and oxygen atoms in total. The highest BCUT2D eigenvalue weighted by molar-refractivity contribution is 5.41. The van der Waals surface area contributed by atoms with E-state index in [1.165, 1.54) is 0 Å². The molecule has 1 saturated heterocycles. The maximum atomic E-state index is 5.69. The minimum absolute atomic E-state index is 0.203. The number of hydrogen-bond donors (Lipinski definition) is 1. The molecule has 1 aliphatic heterocycles. The third-order valence-corrected chi connectivity index (χ3v) is 2.98. The van der Waals surface area contributed by atoms with E-state index in [0.717, 1.165) is 38.5 Å². The number of ether oxygens (including phenoxy) is 2. The molecule has 2 heterocycles. The molecule has 1 fully saturated rings. The van der Waals surface area contributed by atoms with E-state index in [9.17, 15) is 0 Å². The van der Waals surface area contributed by atoms with Gasteiger partial charge >= 0.3 is 0 Å². The van der Waals surface area contributed by atoms with Gasteiger partial charge in [0.25, 0.3) is 0 Å². The highest BCUT2D eigenvalue weighted by Gasteiger charge is 2.21. The molecule has 106 valence electrons. The summed E-state index contributed by atoms with van der Waals surface area (Å²) in [4.78, 5) is 10.7. The molecule has 6 heteroatoms. The Bertz CT molecular complexity index is 387. The van der Waals surface area contributed by atoms with Crippen LogP contribution in [-0.4, -0.2) is 56.0 Å². The Morgan fingerprint density at radius 2 is 2.42 bits per heavy atom. The third-order valence-electron chi connectivity index (χ3n) is 2.98. The Morgan fingerprint density at radius 3 is 3.21 bits per heavy atom. The first kappa shape index (κ1) is 14.0. The van der Waals surface area contributed by atoms with Crippen LogP contribution in [0.4, 0.5) is 5.82 Å². The minimum Gasteiger partial charge on any atom is -0.478 e. The molecule has 0 bridgehead atoms. The van der Waals surface area contributed by atoms with Gasteiger partial charge in [0.1, 0.15) is 12.1 Å². The van der Waals surface area contributed by atoms with Gasteiger partial charge in [-0.25, -0.2) is 9.97 Å². The minimum atomic E-state index is 0.203. The molecule has 0 amide bonds. The average Bonchev–Trinajstić information content (AvgIpc) is 2.46. The molecule has 1 aromatic heterocycles. The van der Waals surface area contributed by atoms with Crippen molar-refractivity contribution in [3.05, 3.63) is 12.4 Å². The van der Waals surface area contributed by atoms with E-state index in [0.29, 0.717) is 12.5 Å². The topological polar surface area (TPSA) is 59.5 Å². The second kappa shape index (κ2) is 7.25. The monoisotopic (exact) mass is 266 g/mol. The smallest absolute Gasteiger partial charge is 0.218 e. The number of anilines is 1. The molecule has 0 radical (unpaired) electrons. The summed E-state index contributed by atoms with van der Waals surface area (Å²) in [6, 6.07) is 1.90. The summed E-state index contributed by atoms with van der Waals surface area (Å²) in [5.41, 5.74) is 0. The average molecular weight is 266 g/mol. The lowest BCUT2D eigenvalue weighted by atomic mass is 10.2. The zero-order valence-corrected chi connectivity index (χ0v) is 11.6. The van der Waals surface area contributed by atoms with Gasteiger partial charge in [-0.05, 0) is 13.5 Å². The second-order valence-corrected chi connectivity index (χ2v) is 4.56. The molecule has 1 unspecified atom stereocenters. The standard InChI is InChI=1S/C13H22N4O2/c1-3-5-19-13-7-12(15-10-16-13)17-4-6-18-11(9-17)8-14-2/h7,10-11,14H,3-6,8-9H2,1-2H3. The fourth-order valence-corrected chi connectivity index (χ4v) is 2.07. The van der Waals surface area contributed by atoms with Crippen LogP contribution in [0.5, 0.6) is 5.88 Å². The molecular formula is C13H22N4O2. The summed E-state index contributed by atoms with van der Waals surface area (Å²) in [5.74, 6) is 1.55. The summed E-state index contributed by atoms with van der Waals surface area (Å²) >= 11 is 0. The highest BCUT2D eigenvalue weighted by atomic mass is 16.5. The van der Waals surface area contributed by atoms with Crippen LogP contribution in [0.25, 0.3) is 0 Å². The van der Waals surface area contributed by atoms with Crippen LogP contribution >= 0.6 is 0 Å². The van der Waals surface area contributed by atoms with E-state index in [2.05, 4.69) is 27.1 Å². The second-order valence-electron chi connectivity index (χ2n) is 4.56. The fraction of sp³-hybridized carbons (Fsp3) is 0.692. The highest BCUT2D eigenvalue weighted by Crippen LogP contribution is 2.18. The summed E-state index contributed by atoms with van der Waals surface area (Å²) in [6.45, 7) is 6.02. The number of morpholine rings is 1. The summed E-state index contributed by atoms with van der Waals surface area (Å²) in [5, 5.41) is 3.14. The molecule has 0 aromatic carbocycles. The number of rotatable bonds is 6. The van der Waals surface area contributed by atoms with Gasteiger partial charge < -0.3 is 19.7 Å². The lowest BCUT2D eigenvalue weighted by molar-refractivity contribution is 0.0419. The van der Waals surface area contributed by atoms with Crippen LogP contribution in [0.3, 0.4) is 0 Å². The van der Waals surface area contributed by atoms with Crippen LogP contribution < -0.4 is 15.0 Å². The first-order valence-electron chi connectivity index (χ1n) is 6.79. The van der Waals surface area contributed by atoms with Gasteiger partial charge in [-0.3, -0.25) is 0 Å². The van der Waals surface area contributed by atoms with Gasteiger partial charge in [-0.2, -0.15) is 0 Å². The van der Waals surface area contributed by atoms with E-state index in [1.807, 2.05) is 13.1 Å². The molecule has 0 aliphatic carbocycles. The zero-order chi connectivity index (χ0) is 13.5. The zero-order valence-electron chi connectivity index (χ0n) is 11.6. The van der Waals surface area contributed by atoms with Gasteiger partial charge in [-0.15, -0.1) is 0 Å². The summed E-state index contributed by atoms with van der Waals surface area (Å²) in [7, 11) is 1.93.